The highest BCUT2D eigenvalue weighted by atomic mass is 16.2. The van der Waals surface area contributed by atoms with Gasteiger partial charge in [-0.05, 0) is 38.4 Å². The Labute approximate surface area is 115 Å². The highest BCUT2D eigenvalue weighted by molar-refractivity contribution is 5.80. The maximum absolute atomic E-state index is 11.6. The zero-order valence-corrected chi connectivity index (χ0v) is 11.5. The Morgan fingerprint density at radius 3 is 2.53 bits per heavy atom. The largest absolute Gasteiger partial charge is 0.353 e. The van der Waals surface area contributed by atoms with Crippen molar-refractivity contribution >= 4 is 5.91 Å². The molecule has 1 heterocycles. The van der Waals surface area contributed by atoms with Gasteiger partial charge in [-0.25, -0.2) is 0 Å². The van der Waals surface area contributed by atoms with Crippen molar-refractivity contribution in [2.24, 2.45) is 5.73 Å². The van der Waals surface area contributed by atoms with Crippen LogP contribution in [0, 0.1) is 0 Å². The van der Waals surface area contributed by atoms with Crippen LogP contribution in [-0.2, 0) is 4.79 Å². The number of amides is 1. The van der Waals surface area contributed by atoms with E-state index in [1.54, 1.807) is 6.92 Å². The van der Waals surface area contributed by atoms with Crippen molar-refractivity contribution < 1.29 is 4.79 Å². The molecule has 0 aromatic heterocycles. The van der Waals surface area contributed by atoms with E-state index in [2.05, 4.69) is 22.3 Å². The van der Waals surface area contributed by atoms with Crippen LogP contribution >= 0.6 is 0 Å². The van der Waals surface area contributed by atoms with Gasteiger partial charge >= 0.3 is 0 Å². The van der Waals surface area contributed by atoms with Crippen molar-refractivity contribution in [1.29, 1.82) is 0 Å². The molecule has 2 atom stereocenters. The summed E-state index contributed by atoms with van der Waals surface area (Å²) in [6.07, 6.45) is 2.48. The second kappa shape index (κ2) is 6.68. The summed E-state index contributed by atoms with van der Waals surface area (Å²) in [6, 6.07) is 10.2. The molecule has 1 saturated heterocycles. The first-order valence-corrected chi connectivity index (χ1v) is 7.01. The van der Waals surface area contributed by atoms with Crippen molar-refractivity contribution in [2.75, 3.05) is 19.6 Å². The lowest BCUT2D eigenvalue weighted by atomic mass is 10.1. The first-order valence-electron chi connectivity index (χ1n) is 7.01. The summed E-state index contributed by atoms with van der Waals surface area (Å²) in [5.74, 6) is -0.0832. The van der Waals surface area contributed by atoms with Crippen LogP contribution in [0.1, 0.15) is 31.4 Å². The fourth-order valence-corrected chi connectivity index (χ4v) is 2.54. The monoisotopic (exact) mass is 261 g/mol. The van der Waals surface area contributed by atoms with Gasteiger partial charge in [-0.1, -0.05) is 30.3 Å². The van der Waals surface area contributed by atoms with Gasteiger partial charge in [0.15, 0.2) is 0 Å². The van der Waals surface area contributed by atoms with Crippen LogP contribution in [0.5, 0.6) is 0 Å². The SMILES string of the molecule is C[C@@H](N)C(=O)NCC(c1ccccc1)N1CCCC1. The predicted octanol–water partition coefficient (Wildman–Crippen LogP) is 1.29. The Hall–Kier alpha value is -1.39. The average Bonchev–Trinajstić information content (AvgIpc) is 2.94. The summed E-state index contributed by atoms with van der Waals surface area (Å²) in [5, 5.41) is 2.95. The zero-order chi connectivity index (χ0) is 13.7. The fraction of sp³-hybridized carbons (Fsp3) is 0.533. The Balaban J connectivity index is 2.04. The molecule has 0 saturated carbocycles. The first kappa shape index (κ1) is 14.0. The van der Waals surface area contributed by atoms with Gasteiger partial charge in [0.25, 0.3) is 0 Å². The minimum Gasteiger partial charge on any atom is -0.353 e. The molecule has 1 aliphatic heterocycles. The van der Waals surface area contributed by atoms with E-state index in [-0.39, 0.29) is 11.9 Å². The van der Waals surface area contributed by atoms with Crippen LogP contribution in [0.3, 0.4) is 0 Å². The van der Waals surface area contributed by atoms with Gasteiger partial charge in [-0.15, -0.1) is 0 Å². The van der Waals surface area contributed by atoms with Gasteiger partial charge in [0, 0.05) is 6.54 Å². The molecule has 3 N–H and O–H groups in total. The van der Waals surface area contributed by atoms with Crippen LogP contribution in [0.25, 0.3) is 0 Å². The van der Waals surface area contributed by atoms with Gasteiger partial charge in [-0.2, -0.15) is 0 Å². The predicted molar refractivity (Wildman–Crippen MR) is 76.6 cm³/mol. The molecule has 1 amide bonds. The first-order chi connectivity index (χ1) is 9.18. The van der Waals surface area contributed by atoms with Crippen molar-refractivity contribution in [3.8, 4) is 0 Å². The smallest absolute Gasteiger partial charge is 0.236 e. The molecule has 1 fully saturated rings. The van der Waals surface area contributed by atoms with Gasteiger partial charge in [0.05, 0.1) is 12.1 Å². The van der Waals surface area contributed by atoms with Crippen molar-refractivity contribution in [3.63, 3.8) is 0 Å². The normalized spacial score (nSPS) is 19.1. The molecule has 104 valence electrons. The van der Waals surface area contributed by atoms with E-state index in [1.165, 1.54) is 18.4 Å². The third-order valence-electron chi connectivity index (χ3n) is 3.65. The Bertz CT molecular complexity index is 399. The highest BCUT2D eigenvalue weighted by Gasteiger charge is 2.24. The van der Waals surface area contributed by atoms with Crippen molar-refractivity contribution in [1.82, 2.24) is 10.2 Å². The molecule has 2 rings (SSSR count). The summed E-state index contributed by atoms with van der Waals surface area (Å²) in [7, 11) is 0. The molecule has 0 aliphatic carbocycles. The number of hydrogen-bond acceptors (Lipinski definition) is 3. The molecule has 0 radical (unpaired) electrons. The Morgan fingerprint density at radius 2 is 1.95 bits per heavy atom. The fourth-order valence-electron chi connectivity index (χ4n) is 2.54. The second-order valence-corrected chi connectivity index (χ2v) is 5.20. The Kier molecular flexibility index (Phi) is 4.93. The number of carbonyl (C=O) groups is 1. The van der Waals surface area contributed by atoms with Gasteiger partial charge in [0.1, 0.15) is 0 Å². The molecular weight excluding hydrogens is 238 g/mol. The van der Waals surface area contributed by atoms with Crippen molar-refractivity contribution in [2.45, 2.75) is 31.8 Å². The average molecular weight is 261 g/mol. The number of likely N-dealkylation sites (tertiary alicyclic amines) is 1. The summed E-state index contributed by atoms with van der Waals surface area (Å²) < 4.78 is 0. The maximum Gasteiger partial charge on any atom is 0.236 e. The summed E-state index contributed by atoms with van der Waals surface area (Å²) in [4.78, 5) is 14.1. The minimum absolute atomic E-state index is 0.0832. The summed E-state index contributed by atoms with van der Waals surface area (Å²) in [6.45, 7) is 4.55. The molecule has 1 aromatic rings. The molecule has 1 aromatic carbocycles. The lowest BCUT2D eigenvalue weighted by Crippen LogP contribution is -2.43. The third kappa shape index (κ3) is 3.78. The maximum atomic E-state index is 11.6. The molecular formula is C15H23N3O. The lowest BCUT2D eigenvalue weighted by Gasteiger charge is -2.28. The molecule has 4 heteroatoms. The summed E-state index contributed by atoms with van der Waals surface area (Å²) in [5.41, 5.74) is 6.85. The number of nitrogens with two attached hydrogens (primary N) is 1. The van der Waals surface area contributed by atoms with E-state index in [4.69, 9.17) is 5.73 Å². The quantitative estimate of drug-likeness (QED) is 0.839. The molecule has 0 bridgehead atoms. The molecule has 19 heavy (non-hydrogen) atoms. The lowest BCUT2D eigenvalue weighted by molar-refractivity contribution is -0.122. The minimum atomic E-state index is -0.449. The Morgan fingerprint density at radius 1 is 1.32 bits per heavy atom. The van der Waals surface area contributed by atoms with Crippen LogP contribution in [-0.4, -0.2) is 36.5 Å². The molecule has 1 unspecified atom stereocenters. The molecule has 1 aliphatic rings. The third-order valence-corrected chi connectivity index (χ3v) is 3.65. The topological polar surface area (TPSA) is 58.4 Å². The van der Waals surface area contributed by atoms with Crippen LogP contribution in [0.4, 0.5) is 0 Å². The van der Waals surface area contributed by atoms with Gasteiger partial charge < -0.3 is 11.1 Å². The van der Waals surface area contributed by atoms with Gasteiger partial charge in [0.2, 0.25) is 5.91 Å². The number of nitrogens with zero attached hydrogens (tertiary/aromatic N) is 1. The van der Waals surface area contributed by atoms with Crippen LogP contribution < -0.4 is 11.1 Å². The zero-order valence-electron chi connectivity index (χ0n) is 11.5. The van der Waals surface area contributed by atoms with Crippen molar-refractivity contribution in [3.05, 3.63) is 35.9 Å². The van der Waals surface area contributed by atoms with E-state index < -0.39 is 6.04 Å². The van der Waals surface area contributed by atoms with E-state index in [9.17, 15) is 4.79 Å². The number of nitrogens with one attached hydrogen (secondary N) is 1. The number of benzene rings is 1. The van der Waals surface area contributed by atoms with Crippen LogP contribution in [0.15, 0.2) is 30.3 Å². The van der Waals surface area contributed by atoms with Crippen LogP contribution in [0.2, 0.25) is 0 Å². The van der Waals surface area contributed by atoms with Gasteiger partial charge in [-0.3, -0.25) is 9.69 Å². The number of carbonyl (C=O) groups excluding carboxylic acids is 1. The molecule has 4 nitrogen and oxygen atoms in total. The molecule has 0 spiro atoms. The second-order valence-electron chi connectivity index (χ2n) is 5.20. The van der Waals surface area contributed by atoms with E-state index in [1.807, 2.05) is 18.2 Å². The highest BCUT2D eigenvalue weighted by Crippen LogP contribution is 2.24. The van der Waals surface area contributed by atoms with E-state index in [0.717, 1.165) is 13.1 Å². The van der Waals surface area contributed by atoms with E-state index in [0.29, 0.717) is 6.54 Å². The summed E-state index contributed by atoms with van der Waals surface area (Å²) >= 11 is 0. The number of rotatable bonds is 5. The standard InChI is InChI=1S/C15H23N3O/c1-12(16)15(19)17-11-14(18-9-5-6-10-18)13-7-3-2-4-8-13/h2-4,7-8,12,14H,5-6,9-11,16H2,1H3,(H,17,19)/t12-,14?/m1/s1. The number of hydrogen-bond donors (Lipinski definition) is 2. The van der Waals surface area contributed by atoms with E-state index >= 15 is 0 Å².